The SMILES string of the molecule is CCC(C)CN(CC)C(=O)c1ccc(C(=O)O)cc1. The van der Waals surface area contributed by atoms with Gasteiger partial charge < -0.3 is 10.0 Å². The highest BCUT2D eigenvalue weighted by Gasteiger charge is 2.16. The largest absolute Gasteiger partial charge is 0.478 e. The number of aromatic carboxylic acids is 1. The Morgan fingerprint density at radius 2 is 1.68 bits per heavy atom. The van der Waals surface area contributed by atoms with E-state index in [1.54, 1.807) is 17.0 Å². The quantitative estimate of drug-likeness (QED) is 0.858. The molecule has 1 unspecified atom stereocenters. The Morgan fingerprint density at radius 3 is 2.11 bits per heavy atom. The summed E-state index contributed by atoms with van der Waals surface area (Å²) in [5.41, 5.74) is 0.733. The zero-order valence-corrected chi connectivity index (χ0v) is 11.7. The molecule has 19 heavy (non-hydrogen) atoms. The van der Waals surface area contributed by atoms with E-state index < -0.39 is 5.97 Å². The molecule has 0 bridgehead atoms. The van der Waals surface area contributed by atoms with E-state index in [-0.39, 0.29) is 11.5 Å². The third-order valence-corrected chi connectivity index (χ3v) is 3.28. The van der Waals surface area contributed by atoms with Gasteiger partial charge in [-0.2, -0.15) is 0 Å². The van der Waals surface area contributed by atoms with Crippen LogP contribution in [0, 0.1) is 5.92 Å². The molecule has 0 aliphatic rings. The first kappa shape index (κ1) is 15.2. The van der Waals surface area contributed by atoms with Crippen LogP contribution in [0.2, 0.25) is 0 Å². The van der Waals surface area contributed by atoms with Crippen LogP contribution in [-0.2, 0) is 0 Å². The van der Waals surface area contributed by atoms with Crippen molar-refractivity contribution in [2.75, 3.05) is 13.1 Å². The molecule has 0 spiro atoms. The lowest BCUT2D eigenvalue weighted by Gasteiger charge is -2.24. The van der Waals surface area contributed by atoms with E-state index >= 15 is 0 Å². The van der Waals surface area contributed by atoms with Crippen molar-refractivity contribution in [2.24, 2.45) is 5.92 Å². The smallest absolute Gasteiger partial charge is 0.335 e. The Morgan fingerprint density at radius 1 is 1.16 bits per heavy atom. The molecule has 1 amide bonds. The molecule has 0 aliphatic carbocycles. The molecular weight excluding hydrogens is 242 g/mol. The second-order valence-corrected chi connectivity index (χ2v) is 4.74. The molecule has 1 aromatic rings. The number of hydrogen-bond acceptors (Lipinski definition) is 2. The molecular formula is C15H21NO3. The summed E-state index contributed by atoms with van der Waals surface area (Å²) in [5, 5.41) is 8.83. The van der Waals surface area contributed by atoms with Gasteiger partial charge in [-0.3, -0.25) is 4.79 Å². The van der Waals surface area contributed by atoms with Gasteiger partial charge in [-0.05, 0) is 37.1 Å². The third kappa shape index (κ3) is 4.09. The summed E-state index contributed by atoms with van der Waals surface area (Å²) in [6, 6.07) is 6.08. The van der Waals surface area contributed by atoms with Crippen molar-refractivity contribution >= 4 is 11.9 Å². The van der Waals surface area contributed by atoms with Gasteiger partial charge in [0.05, 0.1) is 5.56 Å². The van der Waals surface area contributed by atoms with E-state index in [9.17, 15) is 9.59 Å². The Hall–Kier alpha value is -1.84. The van der Waals surface area contributed by atoms with Crippen LogP contribution in [0.1, 0.15) is 47.9 Å². The monoisotopic (exact) mass is 263 g/mol. The normalized spacial score (nSPS) is 11.9. The van der Waals surface area contributed by atoms with Crippen LogP contribution in [0.25, 0.3) is 0 Å². The zero-order valence-electron chi connectivity index (χ0n) is 11.7. The highest BCUT2D eigenvalue weighted by molar-refractivity contribution is 5.95. The van der Waals surface area contributed by atoms with Crippen LogP contribution in [0.3, 0.4) is 0 Å². The van der Waals surface area contributed by atoms with E-state index in [0.717, 1.165) is 13.0 Å². The molecule has 0 fully saturated rings. The predicted octanol–water partition coefficient (Wildman–Crippen LogP) is 2.89. The van der Waals surface area contributed by atoms with Crippen LogP contribution in [0.4, 0.5) is 0 Å². The molecule has 104 valence electrons. The fraction of sp³-hybridized carbons (Fsp3) is 0.467. The van der Waals surface area contributed by atoms with Crippen LogP contribution in [0.15, 0.2) is 24.3 Å². The van der Waals surface area contributed by atoms with Gasteiger partial charge in [0, 0.05) is 18.7 Å². The molecule has 4 heteroatoms. The van der Waals surface area contributed by atoms with Crippen molar-refractivity contribution in [1.29, 1.82) is 0 Å². The number of carbonyl (C=O) groups is 2. The Labute approximate surface area is 114 Å². The first-order chi connectivity index (χ1) is 8.99. The molecule has 0 aliphatic heterocycles. The number of hydrogen-bond donors (Lipinski definition) is 1. The van der Waals surface area contributed by atoms with E-state index in [4.69, 9.17) is 5.11 Å². The lowest BCUT2D eigenvalue weighted by molar-refractivity contribution is 0.0693. The molecule has 1 rings (SSSR count). The zero-order chi connectivity index (χ0) is 14.4. The van der Waals surface area contributed by atoms with Gasteiger partial charge in [0.25, 0.3) is 5.91 Å². The summed E-state index contributed by atoms with van der Waals surface area (Å²) in [4.78, 5) is 24.8. The highest BCUT2D eigenvalue weighted by Crippen LogP contribution is 2.11. The number of carboxylic acid groups (broad SMARTS) is 1. The van der Waals surface area contributed by atoms with E-state index in [2.05, 4.69) is 13.8 Å². The van der Waals surface area contributed by atoms with Crippen molar-refractivity contribution in [3.63, 3.8) is 0 Å². The summed E-state index contributed by atoms with van der Waals surface area (Å²) < 4.78 is 0. The molecule has 0 aromatic heterocycles. The molecule has 0 heterocycles. The summed E-state index contributed by atoms with van der Waals surface area (Å²) in [7, 11) is 0. The number of amides is 1. The molecule has 0 radical (unpaired) electrons. The van der Waals surface area contributed by atoms with Gasteiger partial charge >= 0.3 is 5.97 Å². The van der Waals surface area contributed by atoms with E-state index in [1.165, 1.54) is 12.1 Å². The summed E-state index contributed by atoms with van der Waals surface area (Å²) in [6.07, 6.45) is 1.03. The van der Waals surface area contributed by atoms with Crippen molar-refractivity contribution in [3.05, 3.63) is 35.4 Å². The van der Waals surface area contributed by atoms with Crippen molar-refractivity contribution in [1.82, 2.24) is 4.90 Å². The lowest BCUT2D eigenvalue weighted by Crippen LogP contribution is -2.34. The minimum Gasteiger partial charge on any atom is -0.478 e. The topological polar surface area (TPSA) is 57.6 Å². The highest BCUT2D eigenvalue weighted by atomic mass is 16.4. The van der Waals surface area contributed by atoms with Crippen LogP contribution >= 0.6 is 0 Å². The molecule has 4 nitrogen and oxygen atoms in total. The molecule has 0 saturated carbocycles. The lowest BCUT2D eigenvalue weighted by atomic mass is 10.1. The van der Waals surface area contributed by atoms with E-state index in [0.29, 0.717) is 18.0 Å². The first-order valence-corrected chi connectivity index (χ1v) is 6.62. The van der Waals surface area contributed by atoms with E-state index in [1.807, 2.05) is 6.92 Å². The average Bonchev–Trinajstić information content (AvgIpc) is 2.43. The molecule has 1 aromatic carbocycles. The van der Waals surface area contributed by atoms with Crippen molar-refractivity contribution in [3.8, 4) is 0 Å². The summed E-state index contributed by atoms with van der Waals surface area (Å²) in [5.74, 6) is -0.562. The maximum atomic E-state index is 12.3. The number of rotatable bonds is 6. The summed E-state index contributed by atoms with van der Waals surface area (Å²) >= 11 is 0. The molecule has 0 saturated heterocycles. The predicted molar refractivity (Wildman–Crippen MR) is 74.4 cm³/mol. The minimum absolute atomic E-state index is 0.0419. The van der Waals surface area contributed by atoms with Gasteiger partial charge in [-0.15, -0.1) is 0 Å². The van der Waals surface area contributed by atoms with Gasteiger partial charge in [0.2, 0.25) is 0 Å². The fourth-order valence-electron chi connectivity index (χ4n) is 1.80. The maximum absolute atomic E-state index is 12.3. The van der Waals surface area contributed by atoms with Crippen LogP contribution < -0.4 is 0 Å². The van der Waals surface area contributed by atoms with Gasteiger partial charge in [0.1, 0.15) is 0 Å². The maximum Gasteiger partial charge on any atom is 0.335 e. The van der Waals surface area contributed by atoms with Crippen molar-refractivity contribution in [2.45, 2.75) is 27.2 Å². The Balaban J connectivity index is 2.82. The summed E-state index contributed by atoms with van der Waals surface area (Å²) in [6.45, 7) is 7.55. The van der Waals surface area contributed by atoms with Crippen LogP contribution in [-0.4, -0.2) is 35.0 Å². The van der Waals surface area contributed by atoms with Crippen molar-refractivity contribution < 1.29 is 14.7 Å². The minimum atomic E-state index is -0.981. The third-order valence-electron chi connectivity index (χ3n) is 3.28. The Bertz CT molecular complexity index is 439. The number of benzene rings is 1. The molecule has 1 atom stereocenters. The standard InChI is InChI=1S/C15H21NO3/c1-4-11(3)10-16(5-2)14(17)12-6-8-13(9-7-12)15(18)19/h6-9,11H,4-5,10H2,1-3H3,(H,18,19). The Kier molecular flexibility index (Phi) is 5.55. The first-order valence-electron chi connectivity index (χ1n) is 6.62. The number of carbonyl (C=O) groups excluding carboxylic acids is 1. The second kappa shape index (κ2) is 6.92. The van der Waals surface area contributed by atoms with Gasteiger partial charge in [-0.25, -0.2) is 4.79 Å². The van der Waals surface area contributed by atoms with Gasteiger partial charge in [0.15, 0.2) is 0 Å². The van der Waals surface area contributed by atoms with Gasteiger partial charge in [-0.1, -0.05) is 20.3 Å². The van der Waals surface area contributed by atoms with Crippen LogP contribution in [0.5, 0.6) is 0 Å². The fourth-order valence-corrected chi connectivity index (χ4v) is 1.80. The number of nitrogens with zero attached hydrogens (tertiary/aromatic N) is 1. The number of carboxylic acids is 1. The molecule has 1 N–H and O–H groups in total. The average molecular weight is 263 g/mol. The second-order valence-electron chi connectivity index (χ2n) is 4.74.